The summed E-state index contributed by atoms with van der Waals surface area (Å²) in [7, 11) is 1.51. The lowest BCUT2D eigenvalue weighted by molar-refractivity contribution is -0.537. The fourth-order valence-corrected chi connectivity index (χ4v) is 6.69. The number of aliphatic hydroxyl groups is 1. The highest BCUT2D eigenvalue weighted by atomic mass is 35.5. The minimum Gasteiger partial charge on any atom is -0.497 e. The van der Waals surface area contributed by atoms with Crippen molar-refractivity contribution in [1.29, 1.82) is 0 Å². The van der Waals surface area contributed by atoms with E-state index in [2.05, 4.69) is 0 Å². The van der Waals surface area contributed by atoms with Crippen LogP contribution < -0.4 is 9.64 Å². The molecule has 5 atom stereocenters. The van der Waals surface area contributed by atoms with Gasteiger partial charge in [-0.05, 0) is 81.1 Å². The summed E-state index contributed by atoms with van der Waals surface area (Å²) >= 11 is 6.45. The minimum absolute atomic E-state index is 0.0960. The van der Waals surface area contributed by atoms with Gasteiger partial charge in [0, 0.05) is 9.95 Å². The van der Waals surface area contributed by atoms with Crippen LogP contribution in [0, 0.1) is 17.0 Å². The molecule has 1 heterocycles. The summed E-state index contributed by atoms with van der Waals surface area (Å²) in [5, 5.41) is 25.5. The highest BCUT2D eigenvalue weighted by molar-refractivity contribution is 6.31. The molecule has 0 bridgehead atoms. The van der Waals surface area contributed by atoms with Crippen molar-refractivity contribution < 1.29 is 29.1 Å². The normalized spacial score (nSPS) is 25.3. The predicted octanol–water partition coefficient (Wildman–Crippen LogP) is 6.15. The summed E-state index contributed by atoms with van der Waals surface area (Å²) < 4.78 is 10.9. The van der Waals surface area contributed by atoms with Gasteiger partial charge in [-0.1, -0.05) is 53.6 Å². The molecule has 5 rings (SSSR count). The number of ether oxygens (including phenoxy) is 2. The summed E-state index contributed by atoms with van der Waals surface area (Å²) in [6, 6.07) is 17.2. The Morgan fingerprint density at radius 3 is 2.26 bits per heavy atom. The molecule has 0 saturated heterocycles. The molecule has 0 radical (unpaired) electrons. The maximum absolute atomic E-state index is 14.7. The molecule has 1 saturated carbocycles. The number of carbonyl (C=O) groups excluding carboxylic acids is 2. The average Bonchev–Trinajstić information content (AvgIpc) is 3.17. The van der Waals surface area contributed by atoms with Crippen molar-refractivity contribution in [3.63, 3.8) is 0 Å². The van der Waals surface area contributed by atoms with Crippen molar-refractivity contribution in [1.82, 2.24) is 0 Å². The van der Waals surface area contributed by atoms with E-state index >= 15 is 0 Å². The van der Waals surface area contributed by atoms with Gasteiger partial charge >= 0.3 is 6.09 Å². The second kappa shape index (κ2) is 10.7. The highest BCUT2D eigenvalue weighted by Gasteiger charge is 2.69. The molecule has 1 aliphatic carbocycles. The first-order chi connectivity index (χ1) is 19.8. The number of hydrogen-bond acceptors (Lipinski definition) is 7. The number of benzene rings is 3. The molecule has 0 aromatic heterocycles. The number of halogens is 1. The van der Waals surface area contributed by atoms with Crippen molar-refractivity contribution in [3.05, 3.63) is 104 Å². The lowest BCUT2D eigenvalue weighted by Gasteiger charge is -2.48. The fraction of sp³-hybridized carbons (Fsp3) is 0.375. The molecular formula is C32H33ClN2O7. The number of imide groups is 1. The molecule has 42 heavy (non-hydrogen) atoms. The van der Waals surface area contributed by atoms with Gasteiger partial charge in [-0.15, -0.1) is 0 Å². The van der Waals surface area contributed by atoms with E-state index in [0.717, 1.165) is 10.5 Å². The number of hydrogen-bond donors (Lipinski definition) is 1. The molecule has 1 aliphatic heterocycles. The van der Waals surface area contributed by atoms with Gasteiger partial charge in [-0.2, -0.15) is 0 Å². The highest BCUT2D eigenvalue weighted by Crippen LogP contribution is 2.60. The largest absolute Gasteiger partial charge is 0.497 e. The molecule has 2 aliphatic rings. The molecule has 1 fully saturated rings. The van der Waals surface area contributed by atoms with Gasteiger partial charge in [0.25, 0.3) is 5.91 Å². The second-order valence-corrected chi connectivity index (χ2v) is 12.4. The predicted molar refractivity (Wildman–Crippen MR) is 158 cm³/mol. The van der Waals surface area contributed by atoms with E-state index in [-0.39, 0.29) is 27.6 Å². The van der Waals surface area contributed by atoms with Gasteiger partial charge in [-0.3, -0.25) is 14.9 Å². The van der Waals surface area contributed by atoms with Crippen LogP contribution in [0.25, 0.3) is 0 Å². The molecule has 9 nitrogen and oxygen atoms in total. The van der Waals surface area contributed by atoms with Crippen molar-refractivity contribution in [2.45, 2.75) is 69.1 Å². The van der Waals surface area contributed by atoms with Crippen molar-refractivity contribution in [2.24, 2.45) is 0 Å². The van der Waals surface area contributed by atoms with Gasteiger partial charge in [0.2, 0.25) is 6.04 Å². The van der Waals surface area contributed by atoms with Crippen LogP contribution in [-0.2, 0) is 14.9 Å². The third-order valence-corrected chi connectivity index (χ3v) is 8.48. The Morgan fingerprint density at radius 1 is 1.07 bits per heavy atom. The van der Waals surface area contributed by atoms with E-state index in [9.17, 15) is 24.8 Å². The SMILES string of the molecule is COc1ccc([C@H]2[C@@H]([N+](=O)[O-])[C@H](c3ccc(C)cc3)C[C@H](O)[C@]23C(=O)N(C(=O)OC(C)(C)C)c2ccc(Cl)cc23)cc1. The van der Waals surface area contributed by atoms with Crippen LogP contribution in [0.4, 0.5) is 10.5 Å². The van der Waals surface area contributed by atoms with Gasteiger partial charge in [0.1, 0.15) is 16.8 Å². The van der Waals surface area contributed by atoms with Crippen LogP contribution in [0.5, 0.6) is 5.75 Å². The van der Waals surface area contributed by atoms with Gasteiger partial charge in [0.05, 0.1) is 30.7 Å². The molecule has 3 aromatic carbocycles. The van der Waals surface area contributed by atoms with E-state index < -0.39 is 47.0 Å². The first kappa shape index (κ1) is 29.5. The smallest absolute Gasteiger partial charge is 0.421 e. The number of anilines is 1. The van der Waals surface area contributed by atoms with Crippen LogP contribution in [0.3, 0.4) is 0 Å². The zero-order valence-electron chi connectivity index (χ0n) is 24.0. The van der Waals surface area contributed by atoms with Crippen molar-refractivity contribution in [2.75, 3.05) is 12.0 Å². The Bertz CT molecular complexity index is 1530. The monoisotopic (exact) mass is 592 g/mol. The van der Waals surface area contributed by atoms with Crippen molar-refractivity contribution in [3.8, 4) is 5.75 Å². The quantitative estimate of drug-likeness (QED) is 0.285. The number of methoxy groups -OCH3 is 1. The van der Waals surface area contributed by atoms with Crippen LogP contribution in [0.2, 0.25) is 5.02 Å². The summed E-state index contributed by atoms with van der Waals surface area (Å²) in [6.45, 7) is 6.94. The van der Waals surface area contributed by atoms with Gasteiger partial charge in [0.15, 0.2) is 0 Å². The van der Waals surface area contributed by atoms with E-state index in [1.165, 1.54) is 25.3 Å². The topological polar surface area (TPSA) is 119 Å². The molecule has 2 amide bonds. The third kappa shape index (κ3) is 4.80. The number of nitro groups is 1. The van der Waals surface area contributed by atoms with Gasteiger partial charge < -0.3 is 14.6 Å². The van der Waals surface area contributed by atoms with Crippen LogP contribution in [0.15, 0.2) is 66.7 Å². The van der Waals surface area contributed by atoms with E-state index in [0.29, 0.717) is 16.9 Å². The standard InChI is InChI=1S/C32H33ClN2O7/c1-18-6-8-19(9-7-18)23-17-26(36)32(27(28(23)35(39)40)20-10-13-22(41-5)14-11-20)24-16-21(33)12-15-25(24)34(29(32)37)30(38)42-31(2,3)4/h6-16,23,26-28,36H,17H2,1-5H3/t23-,26-,27-,28-,32-/m0/s1. The third-order valence-electron chi connectivity index (χ3n) is 8.25. The number of carbonyl (C=O) groups is 2. The molecule has 3 aromatic rings. The second-order valence-electron chi connectivity index (χ2n) is 11.9. The number of rotatable bonds is 4. The molecule has 10 heteroatoms. The number of aliphatic hydroxyl groups excluding tert-OH is 1. The Labute approximate surface area is 249 Å². The fourth-order valence-electron chi connectivity index (χ4n) is 6.52. The Morgan fingerprint density at radius 2 is 1.69 bits per heavy atom. The first-order valence-electron chi connectivity index (χ1n) is 13.7. The average molecular weight is 593 g/mol. The maximum atomic E-state index is 14.7. The van der Waals surface area contributed by atoms with Crippen LogP contribution in [0.1, 0.15) is 61.3 Å². The lowest BCUT2D eigenvalue weighted by Crippen LogP contribution is -2.62. The summed E-state index contributed by atoms with van der Waals surface area (Å²) in [6.07, 6.45) is -2.45. The number of amides is 2. The number of aryl methyl sites for hydroxylation is 1. The Kier molecular flexibility index (Phi) is 7.53. The summed E-state index contributed by atoms with van der Waals surface area (Å²) in [5.41, 5.74) is -0.321. The van der Waals surface area contributed by atoms with Gasteiger partial charge in [-0.25, -0.2) is 9.69 Å². The zero-order valence-corrected chi connectivity index (χ0v) is 24.8. The zero-order chi connectivity index (χ0) is 30.6. The molecular weight excluding hydrogens is 560 g/mol. The molecule has 0 unspecified atom stereocenters. The number of fused-ring (bicyclic) bond motifs is 2. The summed E-state index contributed by atoms with van der Waals surface area (Å²) in [4.78, 5) is 41.9. The number of nitrogens with zero attached hydrogens (tertiary/aromatic N) is 2. The van der Waals surface area contributed by atoms with Crippen LogP contribution in [-0.4, -0.2) is 46.9 Å². The molecule has 1 N–H and O–H groups in total. The Balaban J connectivity index is 1.80. The van der Waals surface area contributed by atoms with E-state index in [4.69, 9.17) is 21.1 Å². The summed E-state index contributed by atoms with van der Waals surface area (Å²) in [5.74, 6) is -2.20. The Hall–Kier alpha value is -3.95. The first-order valence-corrected chi connectivity index (χ1v) is 14.1. The van der Waals surface area contributed by atoms with E-state index in [1.54, 1.807) is 45.0 Å². The van der Waals surface area contributed by atoms with E-state index in [1.807, 2.05) is 31.2 Å². The minimum atomic E-state index is -1.91. The lowest BCUT2D eigenvalue weighted by atomic mass is 9.54. The van der Waals surface area contributed by atoms with Crippen molar-refractivity contribution >= 4 is 29.3 Å². The van der Waals surface area contributed by atoms with Crippen LogP contribution >= 0.6 is 11.6 Å². The maximum Gasteiger partial charge on any atom is 0.421 e. The molecule has 220 valence electrons. The molecule has 1 spiro atoms.